The molecule has 0 amide bonds. The number of carbonyl (C=O) groups is 1. The van der Waals surface area contributed by atoms with Gasteiger partial charge in [-0.2, -0.15) is 0 Å². The van der Waals surface area contributed by atoms with Crippen LogP contribution in [0.4, 0.5) is 0 Å². The van der Waals surface area contributed by atoms with Crippen LogP contribution in [0.1, 0.15) is 59.0 Å². The largest absolute Gasteiger partial charge is 0.495 e. The maximum Gasteiger partial charge on any atom is 0.346 e. The molecule has 2 aromatic rings. The predicted octanol–water partition coefficient (Wildman–Crippen LogP) is 5.19. The van der Waals surface area contributed by atoms with Gasteiger partial charge >= 0.3 is 5.97 Å². The average Bonchev–Trinajstić information content (AvgIpc) is 2.65. The van der Waals surface area contributed by atoms with Crippen LogP contribution < -0.4 is 9.47 Å². The third-order valence-corrected chi connectivity index (χ3v) is 4.92. The first kappa shape index (κ1) is 20.0. The maximum absolute atomic E-state index is 12.8. The molecule has 148 valence electrons. The zero-order valence-electron chi connectivity index (χ0n) is 16.7. The van der Waals surface area contributed by atoms with Crippen molar-refractivity contribution in [3.05, 3.63) is 58.7 Å². The number of rotatable bonds is 5. The zero-order valence-corrected chi connectivity index (χ0v) is 16.7. The van der Waals surface area contributed by atoms with Gasteiger partial charge in [0, 0.05) is 11.1 Å². The Morgan fingerprint density at radius 2 is 1.96 bits per heavy atom. The summed E-state index contributed by atoms with van der Waals surface area (Å²) < 4.78 is 17.2. The Balaban J connectivity index is 2.14. The number of aliphatic hydroxyl groups excluding tert-OH is 1. The second kappa shape index (κ2) is 8.07. The van der Waals surface area contributed by atoms with Crippen LogP contribution in [0.2, 0.25) is 0 Å². The summed E-state index contributed by atoms with van der Waals surface area (Å²) in [6.45, 7) is 9.94. The van der Waals surface area contributed by atoms with E-state index in [2.05, 4.69) is 6.58 Å². The number of fused-ring (bicyclic) bond motifs is 2. The van der Waals surface area contributed by atoms with Crippen molar-refractivity contribution in [1.82, 2.24) is 0 Å². The minimum atomic E-state index is -0.749. The van der Waals surface area contributed by atoms with E-state index in [0.717, 1.165) is 16.7 Å². The predicted molar refractivity (Wildman–Crippen MR) is 108 cm³/mol. The van der Waals surface area contributed by atoms with Crippen molar-refractivity contribution in [3.8, 4) is 17.2 Å². The fraction of sp³-hybridized carbons (Fsp3) is 0.348. The molecule has 1 aliphatic rings. The van der Waals surface area contributed by atoms with Gasteiger partial charge in [0.25, 0.3) is 0 Å². The number of esters is 1. The van der Waals surface area contributed by atoms with Gasteiger partial charge in [0.05, 0.1) is 13.2 Å². The van der Waals surface area contributed by atoms with Crippen molar-refractivity contribution in [2.24, 2.45) is 5.92 Å². The normalized spacial score (nSPS) is 14.1. The average molecular weight is 382 g/mol. The van der Waals surface area contributed by atoms with Gasteiger partial charge in [-0.05, 0) is 48.6 Å². The number of carbonyl (C=O) groups excluding carboxylic acids is 1. The van der Waals surface area contributed by atoms with Crippen LogP contribution in [0.5, 0.6) is 17.2 Å². The summed E-state index contributed by atoms with van der Waals surface area (Å²) in [6.07, 6.45) is 1.54. The molecule has 0 unspecified atom stereocenters. The molecular weight excluding hydrogens is 356 g/mol. The number of cyclic esters (lactones) is 1. The molecule has 0 spiro atoms. The highest BCUT2D eigenvalue weighted by atomic mass is 16.5. The summed E-state index contributed by atoms with van der Waals surface area (Å²) in [6, 6.07) is 7.22. The van der Waals surface area contributed by atoms with Crippen molar-refractivity contribution < 1.29 is 24.1 Å². The molecule has 5 heteroatoms. The molecule has 0 aromatic heterocycles. The molecule has 1 N–H and O–H groups in total. The topological polar surface area (TPSA) is 65.0 Å². The maximum atomic E-state index is 12.8. The van der Waals surface area contributed by atoms with Crippen LogP contribution in [0.25, 0.3) is 6.08 Å². The van der Waals surface area contributed by atoms with Gasteiger partial charge < -0.3 is 19.3 Å². The van der Waals surface area contributed by atoms with Gasteiger partial charge in [-0.3, -0.25) is 0 Å². The Morgan fingerprint density at radius 1 is 1.25 bits per heavy atom. The molecule has 5 nitrogen and oxygen atoms in total. The smallest absolute Gasteiger partial charge is 0.346 e. The van der Waals surface area contributed by atoms with Crippen LogP contribution in [0, 0.1) is 12.8 Å². The lowest BCUT2D eigenvalue weighted by Crippen LogP contribution is -2.15. The van der Waals surface area contributed by atoms with Crippen molar-refractivity contribution in [1.29, 1.82) is 0 Å². The Hall–Kier alpha value is -2.79. The van der Waals surface area contributed by atoms with E-state index in [1.807, 2.05) is 32.9 Å². The molecule has 0 fully saturated rings. The Bertz CT molecular complexity index is 914. The lowest BCUT2D eigenvalue weighted by molar-refractivity contribution is 0.0454. The first-order valence-electron chi connectivity index (χ1n) is 9.36. The molecule has 1 atom stereocenters. The minimum Gasteiger partial charge on any atom is -0.495 e. The molecule has 0 aliphatic carbocycles. The van der Waals surface area contributed by atoms with Crippen LogP contribution in [0.15, 0.2) is 30.8 Å². The third-order valence-electron chi connectivity index (χ3n) is 4.92. The minimum absolute atomic E-state index is 0.0680. The molecule has 3 rings (SSSR count). The quantitative estimate of drug-likeness (QED) is 0.721. The Morgan fingerprint density at radius 3 is 2.61 bits per heavy atom. The van der Waals surface area contributed by atoms with Crippen LogP contribution in [0.3, 0.4) is 0 Å². The lowest BCUT2D eigenvalue weighted by atomic mass is 9.96. The highest BCUT2D eigenvalue weighted by Gasteiger charge is 2.29. The molecule has 0 radical (unpaired) electrons. The van der Waals surface area contributed by atoms with E-state index < -0.39 is 12.1 Å². The van der Waals surface area contributed by atoms with Crippen LogP contribution in [-0.4, -0.2) is 18.2 Å². The van der Waals surface area contributed by atoms with Gasteiger partial charge in [0.2, 0.25) is 0 Å². The molecule has 0 bridgehead atoms. The highest BCUT2D eigenvalue weighted by molar-refractivity contribution is 5.96. The number of aliphatic hydroxyl groups is 1. The van der Waals surface area contributed by atoms with E-state index in [4.69, 9.17) is 14.2 Å². The van der Waals surface area contributed by atoms with Crippen LogP contribution >= 0.6 is 0 Å². The summed E-state index contributed by atoms with van der Waals surface area (Å²) in [5, 5.41) is 10.6. The molecule has 28 heavy (non-hydrogen) atoms. The van der Waals surface area contributed by atoms with E-state index in [1.165, 1.54) is 7.11 Å². The zero-order chi connectivity index (χ0) is 20.4. The van der Waals surface area contributed by atoms with E-state index >= 15 is 0 Å². The SMILES string of the molecule is C=Cc1c(C)ccc2c1COC(=O)c1c(ccc([C@@H](O)CC(C)C)c1OC)O2. The molecule has 1 aliphatic heterocycles. The third kappa shape index (κ3) is 3.62. The van der Waals surface area contributed by atoms with Crippen molar-refractivity contribution in [2.75, 3.05) is 7.11 Å². The highest BCUT2D eigenvalue weighted by Crippen LogP contribution is 2.42. The first-order chi connectivity index (χ1) is 13.4. The van der Waals surface area contributed by atoms with Crippen LogP contribution in [-0.2, 0) is 11.3 Å². The van der Waals surface area contributed by atoms with E-state index in [0.29, 0.717) is 23.5 Å². The fourth-order valence-corrected chi connectivity index (χ4v) is 3.53. The van der Waals surface area contributed by atoms with Gasteiger partial charge in [0.15, 0.2) is 0 Å². The number of hydrogen-bond donors (Lipinski definition) is 1. The number of ether oxygens (including phenoxy) is 3. The summed E-state index contributed by atoms with van der Waals surface area (Å²) in [4.78, 5) is 12.8. The summed E-state index contributed by atoms with van der Waals surface area (Å²) in [7, 11) is 1.47. The van der Waals surface area contributed by atoms with E-state index in [1.54, 1.807) is 18.2 Å². The lowest BCUT2D eigenvalue weighted by Gasteiger charge is -2.24. The molecule has 0 saturated heterocycles. The number of methoxy groups -OCH3 is 1. The number of benzene rings is 2. The molecule has 1 heterocycles. The fourth-order valence-electron chi connectivity index (χ4n) is 3.53. The standard InChI is InChI=1S/C23H26O5/c1-6-15-14(4)7-9-19-17(15)12-27-23(25)21-20(28-19)10-8-16(22(21)26-5)18(24)11-13(2)3/h6-10,13,18,24H,1,11-12H2,2-5H3/t18-/m0/s1. The van der Waals surface area contributed by atoms with E-state index in [9.17, 15) is 9.90 Å². The summed E-state index contributed by atoms with van der Waals surface area (Å²) >= 11 is 0. The monoisotopic (exact) mass is 382 g/mol. The van der Waals surface area contributed by atoms with Gasteiger partial charge in [0.1, 0.15) is 29.4 Å². The van der Waals surface area contributed by atoms with Crippen molar-refractivity contribution in [3.63, 3.8) is 0 Å². The molecule has 0 saturated carbocycles. The first-order valence-corrected chi connectivity index (χ1v) is 9.36. The summed E-state index contributed by atoms with van der Waals surface area (Å²) in [5.74, 6) is 0.967. The number of aryl methyl sites for hydroxylation is 1. The Labute approximate surface area is 165 Å². The molecular formula is C23H26O5. The number of hydrogen-bond acceptors (Lipinski definition) is 5. The van der Waals surface area contributed by atoms with E-state index in [-0.39, 0.29) is 23.8 Å². The molecule has 2 aromatic carbocycles. The second-order valence-electron chi connectivity index (χ2n) is 7.36. The van der Waals surface area contributed by atoms with Crippen molar-refractivity contribution >= 4 is 12.0 Å². The Kier molecular flexibility index (Phi) is 5.75. The second-order valence-corrected chi connectivity index (χ2v) is 7.36. The van der Waals surface area contributed by atoms with Gasteiger partial charge in [-0.15, -0.1) is 0 Å². The summed E-state index contributed by atoms with van der Waals surface area (Å²) in [5.41, 5.74) is 3.43. The van der Waals surface area contributed by atoms with Gasteiger partial charge in [-0.25, -0.2) is 4.79 Å². The van der Waals surface area contributed by atoms with Crippen molar-refractivity contribution in [2.45, 2.75) is 39.9 Å². The van der Waals surface area contributed by atoms with Gasteiger partial charge in [-0.1, -0.05) is 32.6 Å².